The molecular formula is C19H19Br3N2O5. The van der Waals surface area contributed by atoms with Crippen molar-refractivity contribution in [3.8, 4) is 11.5 Å². The van der Waals surface area contributed by atoms with E-state index in [4.69, 9.17) is 14.2 Å². The Morgan fingerprint density at radius 1 is 0.966 bits per heavy atom. The number of methoxy groups -OCH3 is 1. The molecule has 0 unspecified atom stereocenters. The van der Waals surface area contributed by atoms with Crippen molar-refractivity contribution in [1.29, 1.82) is 0 Å². The SMILES string of the molecule is COCCOc1ccc(C(=O)NNC(=O)COc2c(C)cc(Br)cc2Br)cc1Br. The molecule has 156 valence electrons. The maximum atomic E-state index is 12.2. The summed E-state index contributed by atoms with van der Waals surface area (Å²) >= 11 is 10.1. The Labute approximate surface area is 193 Å². The molecule has 2 rings (SSSR count). The van der Waals surface area contributed by atoms with E-state index < -0.39 is 11.8 Å². The summed E-state index contributed by atoms with van der Waals surface area (Å²) in [7, 11) is 1.59. The van der Waals surface area contributed by atoms with E-state index in [1.54, 1.807) is 25.3 Å². The molecule has 2 amide bonds. The van der Waals surface area contributed by atoms with Crippen LogP contribution in [-0.4, -0.2) is 38.7 Å². The first kappa shape index (κ1) is 23.7. The van der Waals surface area contributed by atoms with Gasteiger partial charge in [0.2, 0.25) is 0 Å². The summed E-state index contributed by atoms with van der Waals surface area (Å²) in [5.41, 5.74) is 5.89. The van der Waals surface area contributed by atoms with Gasteiger partial charge in [0.05, 0.1) is 15.6 Å². The Kier molecular flexibility index (Phi) is 9.41. The van der Waals surface area contributed by atoms with Gasteiger partial charge in [0.1, 0.15) is 18.1 Å². The number of hydrogen-bond donors (Lipinski definition) is 2. The normalized spacial score (nSPS) is 10.4. The van der Waals surface area contributed by atoms with E-state index in [1.807, 2.05) is 19.1 Å². The van der Waals surface area contributed by atoms with E-state index in [2.05, 4.69) is 58.6 Å². The molecule has 0 aliphatic rings. The minimum absolute atomic E-state index is 0.253. The van der Waals surface area contributed by atoms with Crippen LogP contribution < -0.4 is 20.3 Å². The van der Waals surface area contributed by atoms with Crippen molar-refractivity contribution in [2.24, 2.45) is 0 Å². The first-order valence-electron chi connectivity index (χ1n) is 8.40. The van der Waals surface area contributed by atoms with Crippen LogP contribution >= 0.6 is 47.8 Å². The van der Waals surface area contributed by atoms with Crippen LogP contribution in [0.2, 0.25) is 0 Å². The van der Waals surface area contributed by atoms with Crippen molar-refractivity contribution in [2.45, 2.75) is 6.92 Å². The second-order valence-electron chi connectivity index (χ2n) is 5.81. The van der Waals surface area contributed by atoms with Gasteiger partial charge in [-0.2, -0.15) is 0 Å². The minimum atomic E-state index is -0.494. The van der Waals surface area contributed by atoms with Crippen LogP contribution in [0, 0.1) is 6.92 Å². The van der Waals surface area contributed by atoms with E-state index in [0.29, 0.717) is 34.7 Å². The minimum Gasteiger partial charge on any atom is -0.490 e. The van der Waals surface area contributed by atoms with Crippen LogP contribution in [0.1, 0.15) is 15.9 Å². The fourth-order valence-electron chi connectivity index (χ4n) is 2.24. The number of nitrogens with one attached hydrogen (secondary N) is 2. The number of aryl methyl sites for hydroxylation is 1. The molecule has 0 fully saturated rings. The molecule has 0 saturated heterocycles. The third-order valence-corrected chi connectivity index (χ3v) is 5.26. The fourth-order valence-corrected chi connectivity index (χ4v) is 4.28. The quantitative estimate of drug-likeness (QED) is 0.354. The molecule has 0 bridgehead atoms. The summed E-state index contributed by atoms with van der Waals surface area (Å²) in [6.45, 7) is 2.46. The smallest absolute Gasteiger partial charge is 0.276 e. The first-order valence-corrected chi connectivity index (χ1v) is 10.8. The fraction of sp³-hybridized carbons (Fsp3) is 0.263. The molecule has 0 aliphatic carbocycles. The van der Waals surface area contributed by atoms with Gasteiger partial charge in [-0.3, -0.25) is 20.4 Å². The first-order chi connectivity index (χ1) is 13.8. The Morgan fingerprint density at radius 2 is 1.72 bits per heavy atom. The average Bonchev–Trinajstić information content (AvgIpc) is 2.66. The molecule has 0 atom stereocenters. The number of ether oxygens (including phenoxy) is 3. The Bertz CT molecular complexity index is 869. The van der Waals surface area contributed by atoms with Gasteiger partial charge < -0.3 is 14.2 Å². The second-order valence-corrected chi connectivity index (χ2v) is 8.44. The lowest BCUT2D eigenvalue weighted by Gasteiger charge is -2.13. The Hall–Kier alpha value is -1.62. The predicted octanol–water partition coefficient (Wildman–Crippen LogP) is 4.15. The number of benzene rings is 2. The molecule has 2 aromatic carbocycles. The van der Waals surface area contributed by atoms with Crippen LogP contribution in [0.15, 0.2) is 43.7 Å². The van der Waals surface area contributed by atoms with Gasteiger partial charge >= 0.3 is 0 Å². The topological polar surface area (TPSA) is 85.9 Å². The number of carbonyl (C=O) groups excluding carboxylic acids is 2. The highest BCUT2D eigenvalue weighted by atomic mass is 79.9. The molecule has 0 saturated carbocycles. The van der Waals surface area contributed by atoms with Crippen molar-refractivity contribution in [1.82, 2.24) is 10.9 Å². The van der Waals surface area contributed by atoms with Crippen molar-refractivity contribution in [2.75, 3.05) is 26.9 Å². The average molecular weight is 595 g/mol. The molecule has 29 heavy (non-hydrogen) atoms. The van der Waals surface area contributed by atoms with Crippen molar-refractivity contribution in [3.63, 3.8) is 0 Å². The summed E-state index contributed by atoms with van der Waals surface area (Å²) in [6.07, 6.45) is 0. The lowest BCUT2D eigenvalue weighted by molar-refractivity contribution is -0.123. The number of hydrazine groups is 1. The van der Waals surface area contributed by atoms with Crippen molar-refractivity contribution >= 4 is 59.6 Å². The number of carbonyl (C=O) groups is 2. The number of amides is 2. The van der Waals surface area contributed by atoms with Gasteiger partial charge in [-0.05, 0) is 74.7 Å². The number of hydrogen-bond acceptors (Lipinski definition) is 5. The highest BCUT2D eigenvalue weighted by Crippen LogP contribution is 2.32. The Morgan fingerprint density at radius 3 is 2.38 bits per heavy atom. The van der Waals surface area contributed by atoms with Gasteiger partial charge in [0.15, 0.2) is 6.61 Å². The van der Waals surface area contributed by atoms with Crippen LogP contribution in [0.3, 0.4) is 0 Å². The molecule has 0 aliphatic heterocycles. The van der Waals surface area contributed by atoms with Crippen LogP contribution in [0.5, 0.6) is 11.5 Å². The zero-order chi connectivity index (χ0) is 21.4. The third kappa shape index (κ3) is 7.29. The van der Waals surface area contributed by atoms with E-state index in [9.17, 15) is 9.59 Å². The van der Waals surface area contributed by atoms with Crippen LogP contribution in [0.25, 0.3) is 0 Å². The van der Waals surface area contributed by atoms with Gasteiger partial charge in [-0.25, -0.2) is 0 Å². The van der Waals surface area contributed by atoms with E-state index in [-0.39, 0.29) is 6.61 Å². The van der Waals surface area contributed by atoms with Gasteiger partial charge in [-0.1, -0.05) is 15.9 Å². The summed E-state index contributed by atoms with van der Waals surface area (Å²) in [4.78, 5) is 24.2. The lowest BCUT2D eigenvalue weighted by atomic mass is 10.2. The molecule has 10 heteroatoms. The number of rotatable bonds is 8. The summed E-state index contributed by atoms with van der Waals surface area (Å²) in [5.74, 6) is 0.184. The zero-order valence-electron chi connectivity index (χ0n) is 15.7. The molecule has 7 nitrogen and oxygen atoms in total. The predicted molar refractivity (Wildman–Crippen MR) is 119 cm³/mol. The summed E-state index contributed by atoms with van der Waals surface area (Å²) < 4.78 is 18.2. The second kappa shape index (κ2) is 11.5. The van der Waals surface area contributed by atoms with Crippen molar-refractivity contribution < 1.29 is 23.8 Å². The molecule has 0 spiro atoms. The van der Waals surface area contributed by atoms with Gasteiger partial charge in [0.25, 0.3) is 11.8 Å². The molecule has 0 radical (unpaired) electrons. The summed E-state index contributed by atoms with van der Waals surface area (Å²) in [5, 5.41) is 0. The largest absolute Gasteiger partial charge is 0.490 e. The molecule has 0 aromatic heterocycles. The maximum absolute atomic E-state index is 12.2. The standard InChI is InChI=1S/C19H19Br3N2O5/c1-11-7-13(20)9-15(22)18(11)29-10-17(25)23-24-19(26)12-3-4-16(14(21)8-12)28-6-5-27-2/h3-4,7-9H,5-6,10H2,1-2H3,(H,23,25)(H,24,26). The van der Waals surface area contributed by atoms with Gasteiger partial charge in [-0.15, -0.1) is 0 Å². The van der Waals surface area contributed by atoms with E-state index >= 15 is 0 Å². The molecule has 2 aromatic rings. The third-order valence-electron chi connectivity index (χ3n) is 3.60. The highest BCUT2D eigenvalue weighted by Gasteiger charge is 2.12. The van der Waals surface area contributed by atoms with E-state index in [1.165, 1.54) is 0 Å². The Balaban J connectivity index is 1.85. The van der Waals surface area contributed by atoms with Crippen LogP contribution in [0.4, 0.5) is 0 Å². The van der Waals surface area contributed by atoms with Crippen molar-refractivity contribution in [3.05, 3.63) is 54.9 Å². The summed E-state index contributed by atoms with van der Waals surface area (Å²) in [6, 6.07) is 8.55. The van der Waals surface area contributed by atoms with E-state index in [0.717, 1.165) is 14.5 Å². The maximum Gasteiger partial charge on any atom is 0.276 e. The zero-order valence-corrected chi connectivity index (χ0v) is 20.4. The van der Waals surface area contributed by atoms with Gasteiger partial charge in [0, 0.05) is 17.1 Å². The molecule has 0 heterocycles. The molecule has 2 N–H and O–H groups in total. The van der Waals surface area contributed by atoms with Crippen LogP contribution in [-0.2, 0) is 9.53 Å². The highest BCUT2D eigenvalue weighted by molar-refractivity contribution is 9.11. The molecular weight excluding hydrogens is 576 g/mol. The lowest BCUT2D eigenvalue weighted by Crippen LogP contribution is -2.43. The number of halogens is 3. The monoisotopic (exact) mass is 592 g/mol.